The molecular weight excluding hydrogens is 190 g/mol. The van der Waals surface area contributed by atoms with E-state index in [2.05, 4.69) is 4.74 Å². The Morgan fingerprint density at radius 1 is 1.64 bits per heavy atom. The molecule has 0 aromatic heterocycles. The lowest BCUT2D eigenvalue weighted by Gasteiger charge is -2.09. The van der Waals surface area contributed by atoms with Gasteiger partial charge in [0.2, 0.25) is 0 Å². The molecule has 0 bridgehead atoms. The van der Waals surface area contributed by atoms with Crippen LogP contribution in [0.4, 0.5) is 4.79 Å². The first-order chi connectivity index (χ1) is 6.56. The predicted octanol–water partition coefficient (Wildman–Crippen LogP) is -0.272. The molecule has 0 spiro atoms. The number of ether oxygens (including phenoxy) is 1. The molecule has 0 aromatic carbocycles. The Hall–Kier alpha value is -1.59. The van der Waals surface area contributed by atoms with Crippen molar-refractivity contribution in [2.45, 2.75) is 6.92 Å². The topological polar surface area (TPSA) is 83.9 Å². The molecule has 0 saturated carbocycles. The van der Waals surface area contributed by atoms with Crippen LogP contribution in [-0.4, -0.2) is 47.5 Å². The fourth-order valence-corrected chi connectivity index (χ4v) is 1.28. The Kier molecular flexibility index (Phi) is 3.06. The van der Waals surface area contributed by atoms with Gasteiger partial charge in [-0.2, -0.15) is 0 Å². The Bertz CT molecular complexity index is 275. The van der Waals surface area contributed by atoms with Crippen LogP contribution in [0.2, 0.25) is 0 Å². The maximum Gasteiger partial charge on any atom is 0.407 e. The third kappa shape index (κ3) is 2.01. The van der Waals surface area contributed by atoms with Gasteiger partial charge in [0.15, 0.2) is 5.78 Å². The second-order valence-electron chi connectivity index (χ2n) is 2.93. The van der Waals surface area contributed by atoms with Crippen molar-refractivity contribution < 1.29 is 24.2 Å². The van der Waals surface area contributed by atoms with Gasteiger partial charge in [-0.15, -0.1) is 0 Å². The third-order valence-electron chi connectivity index (χ3n) is 1.98. The SMILES string of the molecule is CCOC(=O)C1CN(C(=O)O)CC1=O. The second kappa shape index (κ2) is 4.08. The molecule has 0 aromatic rings. The van der Waals surface area contributed by atoms with Crippen molar-refractivity contribution in [2.75, 3.05) is 19.7 Å². The molecule has 1 N–H and O–H groups in total. The Labute approximate surface area is 80.4 Å². The van der Waals surface area contributed by atoms with Crippen molar-refractivity contribution in [2.24, 2.45) is 5.92 Å². The molecule has 78 valence electrons. The van der Waals surface area contributed by atoms with Gasteiger partial charge in [0.05, 0.1) is 13.2 Å². The molecule has 1 fully saturated rings. The normalized spacial score (nSPS) is 21.1. The number of amides is 1. The minimum Gasteiger partial charge on any atom is -0.465 e. The number of esters is 1. The first kappa shape index (κ1) is 10.5. The summed E-state index contributed by atoms with van der Waals surface area (Å²) in [6.45, 7) is 1.51. The van der Waals surface area contributed by atoms with E-state index >= 15 is 0 Å². The largest absolute Gasteiger partial charge is 0.465 e. The zero-order valence-electron chi connectivity index (χ0n) is 7.73. The average molecular weight is 201 g/mol. The van der Waals surface area contributed by atoms with Crippen LogP contribution in [0.3, 0.4) is 0 Å². The zero-order chi connectivity index (χ0) is 10.7. The Balaban J connectivity index is 2.61. The summed E-state index contributed by atoms with van der Waals surface area (Å²) in [5.74, 6) is -1.97. The van der Waals surface area contributed by atoms with E-state index in [1.54, 1.807) is 6.92 Å². The molecule has 1 rings (SSSR count). The van der Waals surface area contributed by atoms with E-state index < -0.39 is 23.8 Å². The fraction of sp³-hybridized carbons (Fsp3) is 0.625. The lowest BCUT2D eigenvalue weighted by Crippen LogP contribution is -2.28. The van der Waals surface area contributed by atoms with Crippen molar-refractivity contribution >= 4 is 17.8 Å². The van der Waals surface area contributed by atoms with E-state index in [-0.39, 0.29) is 19.7 Å². The number of rotatable bonds is 2. The molecule has 1 atom stereocenters. The van der Waals surface area contributed by atoms with E-state index in [1.807, 2.05) is 0 Å². The predicted molar refractivity (Wildman–Crippen MR) is 44.7 cm³/mol. The highest BCUT2D eigenvalue weighted by Crippen LogP contribution is 2.14. The van der Waals surface area contributed by atoms with E-state index in [4.69, 9.17) is 5.11 Å². The van der Waals surface area contributed by atoms with Crippen molar-refractivity contribution in [3.63, 3.8) is 0 Å². The number of hydrogen-bond acceptors (Lipinski definition) is 4. The molecule has 1 aliphatic rings. The summed E-state index contributed by atoms with van der Waals surface area (Å²) < 4.78 is 4.64. The number of Topliss-reactive ketones (excluding diaryl/α,β-unsaturated/α-hetero) is 1. The molecule has 1 heterocycles. The Morgan fingerprint density at radius 2 is 2.29 bits per heavy atom. The van der Waals surface area contributed by atoms with Crippen LogP contribution < -0.4 is 0 Å². The van der Waals surface area contributed by atoms with Gasteiger partial charge in [-0.3, -0.25) is 14.5 Å². The monoisotopic (exact) mass is 201 g/mol. The number of carbonyl (C=O) groups excluding carboxylic acids is 2. The third-order valence-corrected chi connectivity index (χ3v) is 1.98. The first-order valence-corrected chi connectivity index (χ1v) is 4.23. The van der Waals surface area contributed by atoms with Crippen LogP contribution in [0.5, 0.6) is 0 Å². The van der Waals surface area contributed by atoms with Crippen molar-refractivity contribution in [3.8, 4) is 0 Å². The van der Waals surface area contributed by atoms with Crippen molar-refractivity contribution in [3.05, 3.63) is 0 Å². The number of nitrogens with zero attached hydrogens (tertiary/aromatic N) is 1. The van der Waals surface area contributed by atoms with Crippen LogP contribution in [0.25, 0.3) is 0 Å². The minimum atomic E-state index is -1.19. The fourth-order valence-electron chi connectivity index (χ4n) is 1.28. The van der Waals surface area contributed by atoms with Gasteiger partial charge in [0, 0.05) is 6.54 Å². The van der Waals surface area contributed by atoms with E-state index in [0.29, 0.717) is 0 Å². The molecule has 1 amide bonds. The quantitative estimate of drug-likeness (QED) is 0.491. The molecule has 1 saturated heterocycles. The number of ketones is 1. The highest BCUT2D eigenvalue weighted by Gasteiger charge is 2.39. The molecule has 6 nitrogen and oxygen atoms in total. The van der Waals surface area contributed by atoms with Crippen LogP contribution in [0.15, 0.2) is 0 Å². The first-order valence-electron chi connectivity index (χ1n) is 4.23. The van der Waals surface area contributed by atoms with Gasteiger partial charge < -0.3 is 9.84 Å². The number of hydrogen-bond donors (Lipinski definition) is 1. The number of carboxylic acid groups (broad SMARTS) is 1. The van der Waals surface area contributed by atoms with Crippen LogP contribution >= 0.6 is 0 Å². The molecule has 1 aliphatic heterocycles. The van der Waals surface area contributed by atoms with Gasteiger partial charge in [0.25, 0.3) is 0 Å². The summed E-state index contributed by atoms with van der Waals surface area (Å²) in [5, 5.41) is 8.58. The summed E-state index contributed by atoms with van der Waals surface area (Å²) in [7, 11) is 0. The van der Waals surface area contributed by atoms with E-state index in [9.17, 15) is 14.4 Å². The minimum absolute atomic E-state index is 0.0903. The van der Waals surface area contributed by atoms with Crippen LogP contribution in [-0.2, 0) is 14.3 Å². The number of likely N-dealkylation sites (tertiary alicyclic amines) is 1. The lowest BCUT2D eigenvalue weighted by atomic mass is 10.1. The van der Waals surface area contributed by atoms with Crippen LogP contribution in [0, 0.1) is 5.92 Å². The second-order valence-corrected chi connectivity index (χ2v) is 2.93. The van der Waals surface area contributed by atoms with Crippen molar-refractivity contribution in [1.29, 1.82) is 0 Å². The highest BCUT2D eigenvalue weighted by molar-refractivity contribution is 6.03. The summed E-state index contributed by atoms with van der Waals surface area (Å²) in [6.07, 6.45) is -1.19. The van der Waals surface area contributed by atoms with E-state index in [1.165, 1.54) is 0 Å². The highest BCUT2D eigenvalue weighted by atomic mass is 16.5. The zero-order valence-corrected chi connectivity index (χ0v) is 7.73. The van der Waals surface area contributed by atoms with Gasteiger partial charge >= 0.3 is 12.1 Å². The molecule has 6 heteroatoms. The van der Waals surface area contributed by atoms with Crippen molar-refractivity contribution in [1.82, 2.24) is 4.90 Å². The molecule has 0 radical (unpaired) electrons. The maximum atomic E-state index is 11.2. The molecular formula is C8H11NO5. The molecule has 14 heavy (non-hydrogen) atoms. The maximum absolute atomic E-state index is 11.2. The van der Waals surface area contributed by atoms with Gasteiger partial charge in [-0.1, -0.05) is 0 Å². The number of carbonyl (C=O) groups is 3. The molecule has 0 aliphatic carbocycles. The average Bonchev–Trinajstić information content (AvgIpc) is 2.48. The van der Waals surface area contributed by atoms with Gasteiger partial charge in [-0.25, -0.2) is 4.79 Å². The lowest BCUT2D eigenvalue weighted by molar-refractivity contribution is -0.149. The molecule has 1 unspecified atom stereocenters. The van der Waals surface area contributed by atoms with E-state index in [0.717, 1.165) is 4.90 Å². The summed E-state index contributed by atoms with van der Waals surface area (Å²) in [5.41, 5.74) is 0. The summed E-state index contributed by atoms with van der Waals surface area (Å²) >= 11 is 0. The standard InChI is InChI=1S/C8H11NO5/c1-2-14-7(11)5-3-9(8(12)13)4-6(5)10/h5H,2-4H2,1H3,(H,12,13). The van der Waals surface area contributed by atoms with Gasteiger partial charge in [0.1, 0.15) is 5.92 Å². The Morgan fingerprint density at radius 3 is 2.71 bits per heavy atom. The van der Waals surface area contributed by atoms with Crippen LogP contribution in [0.1, 0.15) is 6.92 Å². The summed E-state index contributed by atoms with van der Waals surface area (Å²) in [6, 6.07) is 0. The van der Waals surface area contributed by atoms with Gasteiger partial charge in [-0.05, 0) is 6.92 Å². The summed E-state index contributed by atoms with van der Waals surface area (Å²) in [4.78, 5) is 33.8. The smallest absolute Gasteiger partial charge is 0.407 e.